The van der Waals surface area contributed by atoms with Gasteiger partial charge in [0.25, 0.3) is 0 Å². The third-order valence-corrected chi connectivity index (χ3v) is 7.66. The van der Waals surface area contributed by atoms with Gasteiger partial charge in [0.1, 0.15) is 9.88 Å². The van der Waals surface area contributed by atoms with Crippen molar-refractivity contribution >= 4 is 67.2 Å². The van der Waals surface area contributed by atoms with Crippen molar-refractivity contribution in [3.05, 3.63) is 61.7 Å². The molecule has 186 valence electrons. The molecule has 3 aromatic rings. The fourth-order valence-corrected chi connectivity index (χ4v) is 5.12. The van der Waals surface area contributed by atoms with Crippen molar-refractivity contribution in [2.75, 3.05) is 23.8 Å². The lowest BCUT2D eigenvalue weighted by Gasteiger charge is -2.12. The molecule has 2 N–H and O–H groups in total. The normalized spacial score (nSPS) is 10.7. The van der Waals surface area contributed by atoms with Gasteiger partial charge in [0.05, 0.1) is 41.2 Å². The van der Waals surface area contributed by atoms with Crippen LogP contribution in [0.25, 0.3) is 0 Å². The van der Waals surface area contributed by atoms with Gasteiger partial charge in [-0.05, 0) is 86.0 Å². The summed E-state index contributed by atoms with van der Waals surface area (Å²) in [5, 5.41) is 11.5. The van der Waals surface area contributed by atoms with Gasteiger partial charge in [-0.25, -0.2) is 9.59 Å². The van der Waals surface area contributed by atoms with E-state index in [0.29, 0.717) is 22.0 Å². The SMILES string of the molecule is CCOC(=O)c1sc(NC(=S)Nc2cccc(Cn3nc(C)c(Br)c3C)c2)c(C(=O)OCC)c1C. The van der Waals surface area contributed by atoms with E-state index >= 15 is 0 Å². The number of thiophene rings is 1. The molecule has 0 fully saturated rings. The Morgan fingerprint density at radius 2 is 1.80 bits per heavy atom. The zero-order valence-corrected chi connectivity index (χ0v) is 23.4. The predicted octanol–water partition coefficient (Wildman–Crippen LogP) is 5.84. The number of aromatic nitrogens is 2. The molecule has 3 rings (SSSR count). The van der Waals surface area contributed by atoms with Crippen LogP contribution in [0.5, 0.6) is 0 Å². The first-order valence-electron chi connectivity index (χ1n) is 11.0. The number of aryl methyl sites for hydroxylation is 1. The van der Waals surface area contributed by atoms with Gasteiger partial charge in [0, 0.05) is 5.69 Å². The lowest BCUT2D eigenvalue weighted by molar-refractivity contribution is 0.0527. The highest BCUT2D eigenvalue weighted by molar-refractivity contribution is 9.10. The lowest BCUT2D eigenvalue weighted by atomic mass is 10.1. The van der Waals surface area contributed by atoms with E-state index in [9.17, 15) is 9.59 Å². The predicted molar refractivity (Wildman–Crippen MR) is 146 cm³/mol. The first-order valence-corrected chi connectivity index (χ1v) is 13.0. The van der Waals surface area contributed by atoms with Gasteiger partial charge >= 0.3 is 11.9 Å². The number of carbonyl (C=O) groups is 2. The van der Waals surface area contributed by atoms with Crippen LogP contribution in [0.15, 0.2) is 28.7 Å². The Labute approximate surface area is 222 Å². The summed E-state index contributed by atoms with van der Waals surface area (Å²) < 4.78 is 13.3. The molecule has 8 nitrogen and oxygen atoms in total. The van der Waals surface area contributed by atoms with Crippen LogP contribution in [0.4, 0.5) is 10.7 Å². The van der Waals surface area contributed by atoms with E-state index in [-0.39, 0.29) is 23.9 Å². The summed E-state index contributed by atoms with van der Waals surface area (Å²) in [5.41, 5.74) is 4.57. The molecule has 0 aliphatic heterocycles. The van der Waals surface area contributed by atoms with Crippen molar-refractivity contribution in [2.45, 2.75) is 41.2 Å². The maximum Gasteiger partial charge on any atom is 0.348 e. The maximum absolute atomic E-state index is 12.6. The molecular weight excluding hydrogens is 552 g/mol. The molecule has 2 aromatic heterocycles. The molecule has 0 aliphatic rings. The summed E-state index contributed by atoms with van der Waals surface area (Å²) in [6.45, 7) is 10.2. The number of hydrogen-bond acceptors (Lipinski definition) is 7. The highest BCUT2D eigenvalue weighted by atomic mass is 79.9. The molecule has 0 bridgehead atoms. The zero-order valence-electron chi connectivity index (χ0n) is 20.2. The van der Waals surface area contributed by atoms with Crippen LogP contribution in [-0.4, -0.2) is 40.0 Å². The molecular formula is C24H27BrN4O4S2. The van der Waals surface area contributed by atoms with Crippen molar-refractivity contribution in [1.82, 2.24) is 9.78 Å². The minimum atomic E-state index is -0.528. The summed E-state index contributed by atoms with van der Waals surface area (Å²) in [4.78, 5) is 25.3. The van der Waals surface area contributed by atoms with Crippen LogP contribution in [0.1, 0.15) is 56.4 Å². The van der Waals surface area contributed by atoms with Crippen molar-refractivity contribution in [3.8, 4) is 0 Å². The fourth-order valence-electron chi connectivity index (χ4n) is 3.46. The topological polar surface area (TPSA) is 94.5 Å². The lowest BCUT2D eigenvalue weighted by Crippen LogP contribution is -2.20. The van der Waals surface area contributed by atoms with E-state index in [1.165, 1.54) is 0 Å². The number of benzene rings is 1. The number of esters is 2. The Balaban J connectivity index is 1.79. The first-order chi connectivity index (χ1) is 16.7. The minimum absolute atomic E-state index is 0.212. The van der Waals surface area contributed by atoms with Gasteiger partial charge < -0.3 is 20.1 Å². The van der Waals surface area contributed by atoms with Crippen molar-refractivity contribution in [2.24, 2.45) is 0 Å². The number of rotatable bonds is 8. The average Bonchev–Trinajstić information content (AvgIpc) is 3.25. The molecule has 0 aliphatic carbocycles. The molecule has 0 saturated carbocycles. The number of thiocarbonyl (C=S) groups is 1. The Hall–Kier alpha value is -2.76. The third-order valence-electron chi connectivity index (χ3n) is 5.12. The number of nitrogens with one attached hydrogen (secondary N) is 2. The Kier molecular flexibility index (Phi) is 9.03. The summed E-state index contributed by atoms with van der Waals surface area (Å²) in [6, 6.07) is 7.82. The number of carbonyl (C=O) groups excluding carboxylic acids is 2. The van der Waals surface area contributed by atoms with E-state index in [1.807, 2.05) is 42.8 Å². The second-order valence-corrected chi connectivity index (χ2v) is 9.85. The average molecular weight is 580 g/mol. The fraction of sp³-hybridized carbons (Fsp3) is 0.333. The van der Waals surface area contributed by atoms with Crippen LogP contribution in [0, 0.1) is 20.8 Å². The van der Waals surface area contributed by atoms with Gasteiger partial charge in [-0.2, -0.15) is 5.10 Å². The summed E-state index contributed by atoms with van der Waals surface area (Å²) in [5.74, 6) is -1.02. The molecule has 0 amide bonds. The van der Waals surface area contributed by atoms with Crippen LogP contribution in [0.3, 0.4) is 0 Å². The number of ether oxygens (including phenoxy) is 2. The van der Waals surface area contributed by atoms with E-state index in [0.717, 1.165) is 38.4 Å². The van der Waals surface area contributed by atoms with Crippen LogP contribution < -0.4 is 10.6 Å². The zero-order chi connectivity index (χ0) is 25.7. The van der Waals surface area contributed by atoms with E-state index in [2.05, 4.69) is 31.7 Å². The first kappa shape index (κ1) is 26.8. The molecule has 0 unspecified atom stereocenters. The third kappa shape index (κ3) is 6.28. The molecule has 11 heteroatoms. The van der Waals surface area contributed by atoms with E-state index in [1.54, 1.807) is 20.8 Å². The smallest absolute Gasteiger partial charge is 0.348 e. The van der Waals surface area contributed by atoms with Crippen molar-refractivity contribution in [1.29, 1.82) is 0 Å². The summed E-state index contributed by atoms with van der Waals surface area (Å²) >= 11 is 10.2. The van der Waals surface area contributed by atoms with E-state index < -0.39 is 11.9 Å². The van der Waals surface area contributed by atoms with Crippen molar-refractivity contribution < 1.29 is 19.1 Å². The van der Waals surface area contributed by atoms with Gasteiger partial charge in [0.15, 0.2) is 5.11 Å². The second kappa shape index (κ2) is 11.8. The van der Waals surface area contributed by atoms with Crippen LogP contribution in [-0.2, 0) is 16.0 Å². The Morgan fingerprint density at radius 1 is 1.11 bits per heavy atom. The van der Waals surface area contributed by atoms with Crippen molar-refractivity contribution in [3.63, 3.8) is 0 Å². The number of hydrogen-bond donors (Lipinski definition) is 2. The molecule has 35 heavy (non-hydrogen) atoms. The molecule has 1 aromatic carbocycles. The minimum Gasteiger partial charge on any atom is -0.462 e. The molecule has 0 saturated heterocycles. The monoisotopic (exact) mass is 578 g/mol. The maximum atomic E-state index is 12.6. The van der Waals surface area contributed by atoms with Crippen LogP contribution in [0.2, 0.25) is 0 Å². The molecule has 0 radical (unpaired) electrons. The largest absolute Gasteiger partial charge is 0.462 e. The second-order valence-electron chi connectivity index (χ2n) is 7.62. The molecule has 2 heterocycles. The summed E-state index contributed by atoms with van der Waals surface area (Å²) in [6.07, 6.45) is 0. The van der Waals surface area contributed by atoms with E-state index in [4.69, 9.17) is 21.7 Å². The van der Waals surface area contributed by atoms with Gasteiger partial charge in [-0.1, -0.05) is 12.1 Å². The molecule has 0 spiro atoms. The highest BCUT2D eigenvalue weighted by Gasteiger charge is 2.26. The highest BCUT2D eigenvalue weighted by Crippen LogP contribution is 2.34. The number of nitrogens with zero attached hydrogens (tertiary/aromatic N) is 2. The number of halogens is 1. The number of anilines is 2. The van der Waals surface area contributed by atoms with Gasteiger partial charge in [-0.15, -0.1) is 11.3 Å². The van der Waals surface area contributed by atoms with Crippen LogP contribution >= 0.6 is 39.5 Å². The molecule has 0 atom stereocenters. The Bertz CT molecular complexity index is 1270. The Morgan fingerprint density at radius 3 is 2.43 bits per heavy atom. The summed E-state index contributed by atoms with van der Waals surface area (Å²) in [7, 11) is 0. The standard InChI is InChI=1S/C24H27BrN4O4S2/c1-6-32-22(30)18-13(3)20(23(31)33-7-2)35-21(18)27-24(34)26-17-10-8-9-16(11-17)12-29-15(5)19(25)14(4)28-29/h8-11H,6-7,12H2,1-5H3,(H2,26,27,34). The quantitative estimate of drug-likeness (QED) is 0.254. The van der Waals surface area contributed by atoms with Gasteiger partial charge in [-0.3, -0.25) is 4.68 Å². The van der Waals surface area contributed by atoms with Gasteiger partial charge in [0.2, 0.25) is 0 Å².